The van der Waals surface area contributed by atoms with Crippen molar-refractivity contribution in [2.75, 3.05) is 13.7 Å². The number of hydrogen-bond donors (Lipinski definition) is 0. The second-order valence-corrected chi connectivity index (χ2v) is 8.20. The molecule has 4 aromatic rings. The van der Waals surface area contributed by atoms with Gasteiger partial charge < -0.3 is 14.1 Å². The molecule has 1 unspecified atom stereocenters. The van der Waals surface area contributed by atoms with Crippen LogP contribution in [0.1, 0.15) is 38.2 Å². The van der Waals surface area contributed by atoms with Gasteiger partial charge >= 0.3 is 0 Å². The maximum absolute atomic E-state index is 13.8. The third kappa shape index (κ3) is 3.07. The lowest BCUT2D eigenvalue weighted by atomic mass is 9.93. The second kappa shape index (κ2) is 7.50. The first kappa shape index (κ1) is 18.2. The Bertz CT molecular complexity index is 1160. The van der Waals surface area contributed by atoms with E-state index in [9.17, 15) is 4.79 Å². The molecule has 5 heteroatoms. The average molecular weight is 404 g/mol. The van der Waals surface area contributed by atoms with Gasteiger partial charge in [-0.25, -0.2) is 0 Å². The van der Waals surface area contributed by atoms with Crippen molar-refractivity contribution >= 4 is 28.2 Å². The van der Waals surface area contributed by atoms with E-state index in [1.807, 2.05) is 47.4 Å². The molecule has 0 bridgehead atoms. The van der Waals surface area contributed by atoms with E-state index in [0.717, 1.165) is 22.9 Å². The van der Waals surface area contributed by atoms with Crippen LogP contribution in [-0.2, 0) is 17.8 Å². The first-order valence-corrected chi connectivity index (χ1v) is 10.6. The predicted molar refractivity (Wildman–Crippen MR) is 114 cm³/mol. The number of carbonyl (C=O) groups is 1. The summed E-state index contributed by atoms with van der Waals surface area (Å²) in [7, 11) is 1.64. The van der Waals surface area contributed by atoms with Crippen molar-refractivity contribution in [2.24, 2.45) is 0 Å². The van der Waals surface area contributed by atoms with Crippen molar-refractivity contribution in [3.63, 3.8) is 0 Å². The van der Waals surface area contributed by atoms with Crippen molar-refractivity contribution in [2.45, 2.75) is 19.1 Å². The van der Waals surface area contributed by atoms with Crippen molar-refractivity contribution in [3.8, 4) is 0 Å². The molecule has 0 radical (unpaired) electrons. The minimum Gasteiger partial charge on any atom is -0.451 e. The number of rotatable bonds is 4. The maximum atomic E-state index is 13.8. The van der Waals surface area contributed by atoms with Gasteiger partial charge in [0.15, 0.2) is 5.76 Å². The summed E-state index contributed by atoms with van der Waals surface area (Å²) in [6.07, 6.45) is 0.863. The van der Waals surface area contributed by atoms with Crippen LogP contribution in [0.2, 0.25) is 0 Å². The molecule has 1 aliphatic rings. The standard InChI is InChI=1S/C24H21NO3S/c1-27-15-19-17-9-5-6-10-20(17)28-23(19)24(26)25-13-11-21-18(12-14-29-21)22(25)16-7-3-2-4-8-16/h2-10,12,14,22H,11,13,15H2,1H3. The summed E-state index contributed by atoms with van der Waals surface area (Å²) < 4.78 is 11.5. The van der Waals surface area contributed by atoms with Crippen LogP contribution >= 0.6 is 11.3 Å². The summed E-state index contributed by atoms with van der Waals surface area (Å²) in [6.45, 7) is 1.00. The summed E-state index contributed by atoms with van der Waals surface area (Å²) in [4.78, 5) is 17.1. The second-order valence-electron chi connectivity index (χ2n) is 7.20. The first-order chi connectivity index (χ1) is 14.3. The number of hydrogen-bond acceptors (Lipinski definition) is 4. The number of nitrogens with zero attached hydrogens (tertiary/aromatic N) is 1. The Morgan fingerprint density at radius 1 is 1.14 bits per heavy atom. The van der Waals surface area contributed by atoms with E-state index in [4.69, 9.17) is 9.15 Å². The number of fused-ring (bicyclic) bond motifs is 2. The molecule has 1 atom stereocenters. The van der Waals surface area contributed by atoms with Gasteiger partial charge in [0.2, 0.25) is 0 Å². The van der Waals surface area contributed by atoms with Gasteiger partial charge in [-0.1, -0.05) is 48.5 Å². The number of methoxy groups -OCH3 is 1. The number of benzene rings is 2. The van der Waals surface area contributed by atoms with E-state index < -0.39 is 0 Å². The van der Waals surface area contributed by atoms with Crippen LogP contribution in [0, 0.1) is 0 Å². The molecule has 4 nitrogen and oxygen atoms in total. The highest BCUT2D eigenvalue weighted by Crippen LogP contribution is 2.39. The lowest BCUT2D eigenvalue weighted by Gasteiger charge is -2.36. The summed E-state index contributed by atoms with van der Waals surface area (Å²) in [5, 5.41) is 3.05. The van der Waals surface area contributed by atoms with E-state index in [2.05, 4.69) is 23.6 Å². The van der Waals surface area contributed by atoms with Crippen LogP contribution in [0.15, 0.2) is 70.5 Å². The average Bonchev–Trinajstić information content (AvgIpc) is 3.38. The number of carbonyl (C=O) groups excluding carboxylic acids is 1. The molecule has 0 fully saturated rings. The highest BCUT2D eigenvalue weighted by molar-refractivity contribution is 7.10. The van der Waals surface area contributed by atoms with E-state index in [1.165, 1.54) is 10.4 Å². The van der Waals surface area contributed by atoms with Gasteiger partial charge in [-0.3, -0.25) is 4.79 Å². The Kier molecular flexibility index (Phi) is 4.70. The Balaban J connectivity index is 1.62. The normalized spacial score (nSPS) is 16.2. The molecule has 0 aliphatic carbocycles. The van der Waals surface area contributed by atoms with Gasteiger partial charge in [0.25, 0.3) is 5.91 Å². The van der Waals surface area contributed by atoms with Gasteiger partial charge in [-0.2, -0.15) is 0 Å². The van der Waals surface area contributed by atoms with Gasteiger partial charge in [-0.15, -0.1) is 11.3 Å². The maximum Gasteiger partial charge on any atom is 0.290 e. The van der Waals surface area contributed by atoms with Crippen LogP contribution in [0.3, 0.4) is 0 Å². The Hall–Kier alpha value is -2.89. The molecule has 0 spiro atoms. The van der Waals surface area contributed by atoms with E-state index in [0.29, 0.717) is 24.5 Å². The first-order valence-electron chi connectivity index (χ1n) is 9.69. The molecular weight excluding hydrogens is 382 g/mol. The molecule has 3 heterocycles. The zero-order valence-corrected chi connectivity index (χ0v) is 16.9. The van der Waals surface area contributed by atoms with Gasteiger partial charge in [0.1, 0.15) is 5.58 Å². The van der Waals surface area contributed by atoms with Gasteiger partial charge in [0.05, 0.1) is 12.6 Å². The number of ether oxygens (including phenoxy) is 1. The molecule has 1 aliphatic heterocycles. The van der Waals surface area contributed by atoms with Gasteiger partial charge in [0, 0.05) is 29.5 Å². The van der Waals surface area contributed by atoms with Crippen molar-refractivity contribution in [1.82, 2.24) is 4.90 Å². The zero-order valence-electron chi connectivity index (χ0n) is 16.1. The molecule has 5 rings (SSSR count). The summed E-state index contributed by atoms with van der Waals surface area (Å²) in [5.74, 6) is 0.298. The largest absolute Gasteiger partial charge is 0.451 e. The number of para-hydroxylation sites is 1. The lowest BCUT2D eigenvalue weighted by molar-refractivity contribution is 0.0659. The molecule has 1 amide bonds. The monoisotopic (exact) mass is 403 g/mol. The minimum absolute atomic E-state index is 0.0843. The minimum atomic E-state index is -0.109. The molecule has 146 valence electrons. The number of amides is 1. The fourth-order valence-electron chi connectivity index (χ4n) is 4.22. The highest BCUT2D eigenvalue weighted by Gasteiger charge is 2.35. The SMILES string of the molecule is COCc1c(C(=O)N2CCc3sccc3C2c2ccccc2)oc2ccccc12. The van der Waals surface area contributed by atoms with E-state index in [1.54, 1.807) is 18.4 Å². The smallest absolute Gasteiger partial charge is 0.290 e. The molecule has 0 saturated heterocycles. The van der Waals surface area contributed by atoms with Crippen molar-refractivity contribution in [3.05, 3.63) is 93.4 Å². The topological polar surface area (TPSA) is 42.7 Å². The lowest BCUT2D eigenvalue weighted by Crippen LogP contribution is -2.40. The third-order valence-electron chi connectivity index (χ3n) is 5.52. The number of furan rings is 1. The molecule has 0 N–H and O–H groups in total. The van der Waals surface area contributed by atoms with Crippen LogP contribution in [0.25, 0.3) is 11.0 Å². The zero-order chi connectivity index (χ0) is 19.8. The predicted octanol–water partition coefficient (Wildman–Crippen LogP) is 5.43. The van der Waals surface area contributed by atoms with Crippen LogP contribution in [0.4, 0.5) is 0 Å². The fraction of sp³-hybridized carbons (Fsp3) is 0.208. The molecule has 29 heavy (non-hydrogen) atoms. The molecule has 2 aromatic carbocycles. The van der Waals surface area contributed by atoms with Crippen molar-refractivity contribution in [1.29, 1.82) is 0 Å². The summed E-state index contributed by atoms with van der Waals surface area (Å²) in [5.41, 5.74) is 3.86. The Morgan fingerprint density at radius 3 is 2.76 bits per heavy atom. The Morgan fingerprint density at radius 2 is 1.93 bits per heavy atom. The van der Waals surface area contributed by atoms with Crippen LogP contribution in [0.5, 0.6) is 0 Å². The van der Waals surface area contributed by atoms with Crippen molar-refractivity contribution < 1.29 is 13.9 Å². The molecule has 2 aromatic heterocycles. The Labute approximate surface area is 173 Å². The van der Waals surface area contributed by atoms with Crippen LogP contribution in [-0.4, -0.2) is 24.5 Å². The quantitative estimate of drug-likeness (QED) is 0.456. The summed E-state index contributed by atoms with van der Waals surface area (Å²) >= 11 is 1.77. The number of thiophene rings is 1. The fourth-order valence-corrected chi connectivity index (χ4v) is 5.12. The molecular formula is C24H21NO3S. The highest BCUT2D eigenvalue weighted by atomic mass is 32.1. The molecule has 0 saturated carbocycles. The van der Waals surface area contributed by atoms with Gasteiger partial charge in [-0.05, 0) is 35.1 Å². The third-order valence-corrected chi connectivity index (χ3v) is 6.52. The van der Waals surface area contributed by atoms with E-state index >= 15 is 0 Å². The van der Waals surface area contributed by atoms with E-state index in [-0.39, 0.29) is 11.9 Å². The van der Waals surface area contributed by atoms with Crippen LogP contribution < -0.4 is 0 Å². The summed E-state index contributed by atoms with van der Waals surface area (Å²) in [6, 6.07) is 20.0.